The van der Waals surface area contributed by atoms with Gasteiger partial charge in [0.25, 0.3) is 14.2 Å². The Balaban J connectivity index is 3.10. The van der Waals surface area contributed by atoms with Gasteiger partial charge in [-0.05, 0) is 14.1 Å². The van der Waals surface area contributed by atoms with Crippen LogP contribution < -0.4 is 0 Å². The minimum Gasteiger partial charge on any atom is -0.383 e. The second kappa shape index (κ2) is 5.76. The zero-order valence-electron chi connectivity index (χ0n) is 9.92. The second-order valence-corrected chi connectivity index (χ2v) is 6.18. The van der Waals surface area contributed by atoms with Gasteiger partial charge in [0.2, 0.25) is 0 Å². The molecule has 1 aromatic rings. The molecular weight excluding hydrogens is 268 g/mol. The van der Waals surface area contributed by atoms with E-state index < -0.39 is 9.05 Å². The Morgan fingerprint density at radius 1 is 1.41 bits per heavy atom. The minimum atomic E-state index is -3.89. The molecule has 1 heterocycles. The van der Waals surface area contributed by atoms with E-state index in [0.717, 1.165) is 0 Å². The Kier molecular flexibility index (Phi) is 4.87. The molecule has 0 amide bonds. The van der Waals surface area contributed by atoms with Gasteiger partial charge in [-0.1, -0.05) is 0 Å². The third kappa shape index (κ3) is 3.91. The summed E-state index contributed by atoms with van der Waals surface area (Å²) >= 11 is 0. The van der Waals surface area contributed by atoms with Crippen molar-refractivity contribution >= 4 is 19.7 Å². The van der Waals surface area contributed by atoms with E-state index in [1.54, 1.807) is 0 Å². The molecule has 17 heavy (non-hydrogen) atoms. The molecule has 0 radical (unpaired) electrons. The SMILES string of the molecule is COCCn1c(CN(C)C)nnc1S(=O)(=O)Cl. The van der Waals surface area contributed by atoms with Gasteiger partial charge in [-0.15, -0.1) is 10.2 Å². The third-order valence-electron chi connectivity index (χ3n) is 1.99. The average molecular weight is 283 g/mol. The van der Waals surface area contributed by atoms with Gasteiger partial charge in [0.1, 0.15) is 5.82 Å². The minimum absolute atomic E-state index is 0.243. The molecule has 7 nitrogen and oxygen atoms in total. The zero-order valence-corrected chi connectivity index (χ0v) is 11.5. The van der Waals surface area contributed by atoms with Crippen molar-refractivity contribution in [1.82, 2.24) is 19.7 Å². The number of rotatable bonds is 6. The van der Waals surface area contributed by atoms with Gasteiger partial charge >= 0.3 is 0 Å². The first-order chi connectivity index (χ1) is 7.86. The van der Waals surface area contributed by atoms with E-state index in [1.165, 1.54) is 11.7 Å². The van der Waals surface area contributed by atoms with E-state index in [9.17, 15) is 8.42 Å². The summed E-state index contributed by atoms with van der Waals surface area (Å²) in [6.45, 7) is 1.18. The number of halogens is 1. The number of methoxy groups -OCH3 is 1. The molecule has 9 heteroatoms. The van der Waals surface area contributed by atoms with Gasteiger partial charge in [-0.2, -0.15) is 0 Å². The predicted octanol–water partition coefficient (Wildman–Crippen LogP) is -0.0864. The van der Waals surface area contributed by atoms with Gasteiger partial charge in [0, 0.05) is 17.8 Å². The molecule has 0 saturated carbocycles. The normalized spacial score (nSPS) is 12.3. The maximum atomic E-state index is 11.3. The molecule has 0 aliphatic carbocycles. The predicted molar refractivity (Wildman–Crippen MR) is 62.3 cm³/mol. The molecule has 0 unspecified atom stereocenters. The van der Waals surface area contributed by atoms with Gasteiger partial charge in [-0.25, -0.2) is 8.42 Å². The van der Waals surface area contributed by atoms with E-state index in [2.05, 4.69) is 10.2 Å². The summed E-state index contributed by atoms with van der Waals surface area (Å²) < 4.78 is 29.0. The van der Waals surface area contributed by atoms with Crippen LogP contribution in [0.25, 0.3) is 0 Å². The number of aromatic nitrogens is 3. The molecule has 0 N–H and O–H groups in total. The van der Waals surface area contributed by atoms with Gasteiger partial charge in [0.05, 0.1) is 19.7 Å². The summed E-state index contributed by atoms with van der Waals surface area (Å²) in [4.78, 5) is 1.86. The molecule has 0 bridgehead atoms. The van der Waals surface area contributed by atoms with Crippen LogP contribution in [0.1, 0.15) is 5.82 Å². The van der Waals surface area contributed by atoms with E-state index in [0.29, 0.717) is 25.5 Å². The Labute approximate surface area is 105 Å². The summed E-state index contributed by atoms with van der Waals surface area (Å²) in [7, 11) is 6.63. The van der Waals surface area contributed by atoms with Crippen molar-refractivity contribution < 1.29 is 13.2 Å². The van der Waals surface area contributed by atoms with E-state index in [4.69, 9.17) is 15.4 Å². The van der Waals surface area contributed by atoms with Crippen LogP contribution in [0, 0.1) is 0 Å². The summed E-state index contributed by atoms with van der Waals surface area (Å²) in [6, 6.07) is 0. The molecule has 0 saturated heterocycles. The fourth-order valence-electron chi connectivity index (χ4n) is 1.31. The van der Waals surface area contributed by atoms with Gasteiger partial charge in [0.15, 0.2) is 0 Å². The van der Waals surface area contributed by atoms with Crippen LogP contribution in [0.2, 0.25) is 0 Å². The van der Waals surface area contributed by atoms with Crippen LogP contribution in [0.4, 0.5) is 0 Å². The first-order valence-corrected chi connectivity index (χ1v) is 7.17. The highest BCUT2D eigenvalue weighted by Gasteiger charge is 2.22. The second-order valence-electron chi connectivity index (χ2n) is 3.72. The summed E-state index contributed by atoms with van der Waals surface area (Å²) in [5.74, 6) is 0.534. The largest absolute Gasteiger partial charge is 0.383 e. The van der Waals surface area contributed by atoms with Crippen LogP contribution in [0.5, 0.6) is 0 Å². The van der Waals surface area contributed by atoms with Crippen molar-refractivity contribution in [1.29, 1.82) is 0 Å². The number of hydrogen-bond donors (Lipinski definition) is 0. The lowest BCUT2D eigenvalue weighted by Gasteiger charge is -2.11. The molecular formula is C8H15ClN4O3S. The quantitative estimate of drug-likeness (QED) is 0.679. The Morgan fingerprint density at radius 2 is 2.06 bits per heavy atom. The first-order valence-electron chi connectivity index (χ1n) is 4.86. The molecule has 0 aliphatic rings. The van der Waals surface area contributed by atoms with Crippen molar-refractivity contribution in [2.24, 2.45) is 0 Å². The fourth-order valence-corrected chi connectivity index (χ4v) is 2.25. The fraction of sp³-hybridized carbons (Fsp3) is 0.750. The Morgan fingerprint density at radius 3 is 2.53 bits per heavy atom. The Hall–Kier alpha value is -0.700. The molecule has 0 aliphatic heterocycles. The van der Waals surface area contributed by atoms with E-state index in [-0.39, 0.29) is 5.16 Å². The summed E-state index contributed by atoms with van der Waals surface area (Å²) in [5.41, 5.74) is 0. The molecule has 0 spiro atoms. The number of nitrogens with zero attached hydrogens (tertiary/aromatic N) is 4. The monoisotopic (exact) mass is 282 g/mol. The highest BCUT2D eigenvalue weighted by atomic mass is 35.7. The number of hydrogen-bond acceptors (Lipinski definition) is 6. The average Bonchev–Trinajstić information content (AvgIpc) is 2.56. The molecule has 0 atom stereocenters. The standard InChI is InChI=1S/C8H15ClN4O3S/c1-12(2)6-7-10-11-8(17(9,14)15)13(7)4-5-16-3/h4-6H2,1-3H3. The number of ether oxygens (including phenoxy) is 1. The van der Waals surface area contributed by atoms with Crippen molar-refractivity contribution in [3.63, 3.8) is 0 Å². The van der Waals surface area contributed by atoms with E-state index in [1.807, 2.05) is 19.0 Å². The summed E-state index contributed by atoms with van der Waals surface area (Å²) in [6.07, 6.45) is 0. The maximum absolute atomic E-state index is 11.3. The highest BCUT2D eigenvalue weighted by molar-refractivity contribution is 8.13. The van der Waals surface area contributed by atoms with Crippen LogP contribution in [0.3, 0.4) is 0 Å². The van der Waals surface area contributed by atoms with Crippen LogP contribution in [-0.4, -0.2) is 55.9 Å². The maximum Gasteiger partial charge on any atom is 0.296 e. The van der Waals surface area contributed by atoms with E-state index >= 15 is 0 Å². The topological polar surface area (TPSA) is 77.3 Å². The van der Waals surface area contributed by atoms with Crippen LogP contribution in [-0.2, 0) is 26.9 Å². The van der Waals surface area contributed by atoms with Crippen molar-refractivity contribution in [3.05, 3.63) is 5.82 Å². The summed E-state index contributed by atoms with van der Waals surface area (Å²) in [5, 5.41) is 7.19. The van der Waals surface area contributed by atoms with Gasteiger partial charge in [-0.3, -0.25) is 4.57 Å². The lowest BCUT2D eigenvalue weighted by Crippen LogP contribution is -2.18. The molecule has 0 fully saturated rings. The van der Waals surface area contributed by atoms with Crippen molar-refractivity contribution in [2.45, 2.75) is 18.2 Å². The van der Waals surface area contributed by atoms with Crippen LogP contribution in [0.15, 0.2) is 5.16 Å². The van der Waals surface area contributed by atoms with Gasteiger partial charge < -0.3 is 9.64 Å². The molecule has 0 aromatic carbocycles. The molecule has 98 valence electrons. The molecule has 1 aromatic heterocycles. The van der Waals surface area contributed by atoms with Crippen molar-refractivity contribution in [3.8, 4) is 0 Å². The lowest BCUT2D eigenvalue weighted by atomic mass is 10.5. The Bertz CT molecular complexity index is 471. The zero-order chi connectivity index (χ0) is 13.1. The highest BCUT2D eigenvalue weighted by Crippen LogP contribution is 2.14. The van der Waals surface area contributed by atoms with Crippen molar-refractivity contribution in [2.75, 3.05) is 27.8 Å². The molecule has 1 rings (SSSR count). The smallest absolute Gasteiger partial charge is 0.296 e. The lowest BCUT2D eigenvalue weighted by molar-refractivity contribution is 0.182. The first kappa shape index (κ1) is 14.4. The van der Waals surface area contributed by atoms with Crippen LogP contribution >= 0.6 is 10.7 Å². The third-order valence-corrected chi connectivity index (χ3v) is 3.14.